The molecule has 0 aliphatic heterocycles. The van der Waals surface area contributed by atoms with E-state index >= 15 is 0 Å². The van der Waals surface area contributed by atoms with Crippen molar-refractivity contribution in [3.05, 3.63) is 12.2 Å². The van der Waals surface area contributed by atoms with E-state index < -0.39 is 0 Å². The standard InChI is InChI=1S/C15H25O2.W/c1-11(2)14(10-16)8-6-7-9-15(12(3)4)13(5)17;/h6-7,11-12,14-15H,8-9H2,1-5H3;/q-1;/b7-6+;/t14-,15+;/m1./s1. The van der Waals surface area contributed by atoms with Gasteiger partial charge in [-0.3, -0.25) is 11.1 Å². The normalized spacial score (nSPS) is 14.6. The van der Waals surface area contributed by atoms with Gasteiger partial charge < -0.3 is 4.79 Å². The molecular formula is C15H25O2W-. The molecule has 0 unspecified atom stereocenters. The molecule has 104 valence electrons. The molecule has 0 fully saturated rings. The van der Waals surface area contributed by atoms with Crippen molar-refractivity contribution >= 4 is 12.1 Å². The van der Waals surface area contributed by atoms with Gasteiger partial charge in [-0.25, -0.2) is 0 Å². The Bertz CT molecular complexity index is 270. The Morgan fingerprint density at radius 1 is 1.06 bits per heavy atom. The molecule has 0 rings (SSSR count). The summed E-state index contributed by atoms with van der Waals surface area (Å²) in [6.45, 7) is 9.83. The minimum absolute atomic E-state index is 0. The maximum absolute atomic E-state index is 11.4. The molecule has 0 radical (unpaired) electrons. The van der Waals surface area contributed by atoms with Crippen LogP contribution in [0.15, 0.2) is 12.2 Å². The molecule has 0 aliphatic carbocycles. The van der Waals surface area contributed by atoms with Crippen molar-refractivity contribution in [3.63, 3.8) is 0 Å². The van der Waals surface area contributed by atoms with Crippen LogP contribution < -0.4 is 0 Å². The van der Waals surface area contributed by atoms with Gasteiger partial charge in [0.05, 0.1) is 0 Å². The first-order valence-electron chi connectivity index (χ1n) is 6.43. The Morgan fingerprint density at radius 2 is 1.56 bits per heavy atom. The molecule has 0 aromatic heterocycles. The van der Waals surface area contributed by atoms with E-state index in [4.69, 9.17) is 0 Å². The Kier molecular flexibility index (Phi) is 11.9. The van der Waals surface area contributed by atoms with E-state index in [1.165, 1.54) is 0 Å². The number of hydrogen-bond acceptors (Lipinski definition) is 2. The van der Waals surface area contributed by atoms with Gasteiger partial charge in [0.2, 0.25) is 0 Å². The zero-order valence-electron chi connectivity index (χ0n) is 12.1. The monoisotopic (exact) mass is 421 g/mol. The number of rotatable bonds is 8. The van der Waals surface area contributed by atoms with Gasteiger partial charge in [0.15, 0.2) is 0 Å². The maximum atomic E-state index is 11.4. The predicted octanol–water partition coefficient (Wildman–Crippen LogP) is 3.56. The summed E-state index contributed by atoms with van der Waals surface area (Å²) in [5.74, 6) is 1.01. The van der Waals surface area contributed by atoms with Crippen molar-refractivity contribution in [3.8, 4) is 0 Å². The molecule has 3 heteroatoms. The average Bonchev–Trinajstić information content (AvgIpc) is 2.21. The molecule has 0 saturated heterocycles. The molecule has 18 heavy (non-hydrogen) atoms. The second-order valence-electron chi connectivity index (χ2n) is 5.37. The summed E-state index contributed by atoms with van der Waals surface area (Å²) in [5, 5.41) is 0. The number of carbonyl (C=O) groups excluding carboxylic acids is 2. The second kappa shape index (κ2) is 10.7. The minimum atomic E-state index is -0.0268. The predicted molar refractivity (Wildman–Crippen MR) is 71.4 cm³/mol. The van der Waals surface area contributed by atoms with Gasteiger partial charge in [0.1, 0.15) is 5.78 Å². The van der Waals surface area contributed by atoms with Crippen LogP contribution in [0.1, 0.15) is 47.5 Å². The van der Waals surface area contributed by atoms with Crippen LogP contribution in [0.2, 0.25) is 0 Å². The third kappa shape index (κ3) is 7.97. The van der Waals surface area contributed by atoms with Gasteiger partial charge in [0, 0.05) is 27.0 Å². The summed E-state index contributed by atoms with van der Waals surface area (Å²) in [6, 6.07) is 0. The zero-order valence-corrected chi connectivity index (χ0v) is 15.0. The summed E-state index contributed by atoms with van der Waals surface area (Å²) in [6.07, 6.45) is 7.60. The molecule has 0 saturated carbocycles. The van der Waals surface area contributed by atoms with Crippen LogP contribution in [0, 0.1) is 23.7 Å². The largest absolute Gasteiger partial charge is 0.541 e. The number of carbonyl (C=O) groups is 1. The zero-order chi connectivity index (χ0) is 13.4. The summed E-state index contributed by atoms with van der Waals surface area (Å²) in [7, 11) is 0. The first-order chi connectivity index (χ1) is 7.90. The van der Waals surface area contributed by atoms with E-state index in [0.717, 1.165) is 12.8 Å². The van der Waals surface area contributed by atoms with Crippen molar-refractivity contribution in [1.82, 2.24) is 0 Å². The van der Waals surface area contributed by atoms with Gasteiger partial charge in [-0.05, 0) is 19.3 Å². The van der Waals surface area contributed by atoms with E-state index in [2.05, 4.69) is 20.1 Å². The second-order valence-corrected chi connectivity index (χ2v) is 5.37. The summed E-state index contributed by atoms with van der Waals surface area (Å²) >= 11 is 0. The van der Waals surface area contributed by atoms with Crippen molar-refractivity contribution in [2.24, 2.45) is 23.7 Å². The van der Waals surface area contributed by atoms with Gasteiger partial charge in [-0.15, -0.1) is 5.92 Å². The quantitative estimate of drug-likeness (QED) is 0.444. The molecule has 0 spiro atoms. The average molecular weight is 421 g/mol. The Morgan fingerprint density at radius 3 is 1.89 bits per heavy atom. The molecule has 0 amide bonds. The van der Waals surface area contributed by atoms with Crippen LogP contribution in [0.4, 0.5) is 0 Å². The Hall–Kier alpha value is -0.232. The van der Waals surface area contributed by atoms with Gasteiger partial charge in [-0.1, -0.05) is 52.2 Å². The van der Waals surface area contributed by atoms with Gasteiger partial charge in [-0.2, -0.15) is 0 Å². The maximum Gasteiger partial charge on any atom is 0.133 e. The molecule has 0 bridgehead atoms. The minimum Gasteiger partial charge on any atom is -0.541 e. The first kappa shape index (κ1) is 20.1. The molecule has 0 N–H and O–H groups in total. The van der Waals surface area contributed by atoms with Crippen molar-refractivity contribution in [2.45, 2.75) is 47.5 Å². The SMILES string of the molecule is CC(=O)[C@@H](C/C=C/C[C@H]([C-]=O)C(C)C)C(C)C.[W]. The van der Waals surface area contributed by atoms with Crippen LogP contribution in [-0.2, 0) is 30.7 Å². The van der Waals surface area contributed by atoms with Crippen LogP contribution in [0.3, 0.4) is 0 Å². The van der Waals surface area contributed by atoms with Crippen molar-refractivity contribution in [1.29, 1.82) is 0 Å². The van der Waals surface area contributed by atoms with Crippen molar-refractivity contribution < 1.29 is 30.7 Å². The van der Waals surface area contributed by atoms with Gasteiger partial charge in [0.25, 0.3) is 0 Å². The smallest absolute Gasteiger partial charge is 0.133 e. The van der Waals surface area contributed by atoms with E-state index in [0.29, 0.717) is 11.8 Å². The molecule has 2 atom stereocenters. The molecule has 2 nitrogen and oxygen atoms in total. The Balaban J connectivity index is 0. The number of allylic oxidation sites excluding steroid dienone is 2. The van der Waals surface area contributed by atoms with E-state index in [1.54, 1.807) is 6.92 Å². The third-order valence-electron chi connectivity index (χ3n) is 3.23. The number of Topliss-reactive ketones (excluding diaryl/α,β-unsaturated/α-hetero) is 1. The fourth-order valence-corrected chi connectivity index (χ4v) is 1.85. The molecular weight excluding hydrogens is 396 g/mol. The number of ketones is 1. The van der Waals surface area contributed by atoms with E-state index in [1.807, 2.05) is 26.0 Å². The summed E-state index contributed by atoms with van der Waals surface area (Å²) in [5.41, 5.74) is 0. The van der Waals surface area contributed by atoms with E-state index in [-0.39, 0.29) is 38.7 Å². The fraction of sp³-hybridized carbons (Fsp3) is 0.733. The summed E-state index contributed by atoms with van der Waals surface area (Å²) < 4.78 is 0. The topological polar surface area (TPSA) is 34.1 Å². The fourth-order valence-electron chi connectivity index (χ4n) is 1.85. The molecule has 0 aromatic rings. The van der Waals surface area contributed by atoms with Crippen LogP contribution in [0.5, 0.6) is 0 Å². The molecule has 0 aliphatic rings. The third-order valence-corrected chi connectivity index (χ3v) is 3.23. The summed E-state index contributed by atoms with van der Waals surface area (Å²) in [4.78, 5) is 22.1. The van der Waals surface area contributed by atoms with Crippen LogP contribution in [0.25, 0.3) is 0 Å². The Labute approximate surface area is 126 Å². The van der Waals surface area contributed by atoms with Gasteiger partial charge >= 0.3 is 0 Å². The van der Waals surface area contributed by atoms with Crippen molar-refractivity contribution in [2.75, 3.05) is 0 Å². The molecule has 0 heterocycles. The number of hydrogen-bond donors (Lipinski definition) is 0. The van der Waals surface area contributed by atoms with Crippen LogP contribution in [-0.4, -0.2) is 12.1 Å². The molecule has 0 aromatic carbocycles. The van der Waals surface area contributed by atoms with Crippen LogP contribution >= 0.6 is 0 Å². The van der Waals surface area contributed by atoms with E-state index in [9.17, 15) is 9.59 Å². The first-order valence-corrected chi connectivity index (χ1v) is 6.43.